The summed E-state index contributed by atoms with van der Waals surface area (Å²) in [6.45, 7) is -0.661. The number of benzene rings is 2. The Morgan fingerprint density at radius 3 is 2.33 bits per heavy atom. The molecule has 1 unspecified atom stereocenters. The first-order valence-corrected chi connectivity index (χ1v) is 7.93. The Morgan fingerprint density at radius 1 is 1.07 bits per heavy atom. The SMILES string of the molecule is NC(=O)C(NC(=O)Cn1c(C(F)(F)F)nc2ccccc21)c1ccccc1. The largest absolute Gasteiger partial charge is 0.449 e. The van der Waals surface area contributed by atoms with Crippen LogP contribution in [0.15, 0.2) is 54.6 Å². The fraction of sp³-hybridized carbons (Fsp3) is 0.167. The molecule has 0 bridgehead atoms. The molecule has 0 saturated carbocycles. The zero-order chi connectivity index (χ0) is 19.6. The number of nitrogens with one attached hydrogen (secondary N) is 1. The van der Waals surface area contributed by atoms with Crippen molar-refractivity contribution in [3.8, 4) is 0 Å². The number of para-hydroxylation sites is 2. The van der Waals surface area contributed by atoms with Crippen molar-refractivity contribution in [3.05, 3.63) is 66.0 Å². The summed E-state index contributed by atoms with van der Waals surface area (Å²) in [6, 6.07) is 13.0. The summed E-state index contributed by atoms with van der Waals surface area (Å²) in [5, 5.41) is 2.38. The van der Waals surface area contributed by atoms with Crippen molar-refractivity contribution in [3.63, 3.8) is 0 Å². The third-order valence-corrected chi connectivity index (χ3v) is 3.93. The highest BCUT2D eigenvalue weighted by atomic mass is 19.4. The summed E-state index contributed by atoms with van der Waals surface area (Å²) >= 11 is 0. The van der Waals surface area contributed by atoms with Crippen LogP contribution in [0.2, 0.25) is 0 Å². The topological polar surface area (TPSA) is 90.0 Å². The molecule has 27 heavy (non-hydrogen) atoms. The predicted octanol–water partition coefficient (Wildman–Crippen LogP) is 2.40. The molecule has 2 amide bonds. The van der Waals surface area contributed by atoms with Crippen molar-refractivity contribution in [2.75, 3.05) is 0 Å². The monoisotopic (exact) mass is 376 g/mol. The van der Waals surface area contributed by atoms with E-state index in [4.69, 9.17) is 5.73 Å². The van der Waals surface area contributed by atoms with Crippen LogP contribution in [0, 0.1) is 0 Å². The lowest BCUT2D eigenvalue weighted by Crippen LogP contribution is -2.39. The van der Waals surface area contributed by atoms with E-state index in [1.54, 1.807) is 42.5 Å². The molecule has 0 aliphatic heterocycles. The molecule has 1 heterocycles. The van der Waals surface area contributed by atoms with Crippen molar-refractivity contribution >= 4 is 22.8 Å². The number of halogens is 3. The Kier molecular flexibility index (Phi) is 4.85. The van der Waals surface area contributed by atoms with E-state index in [1.165, 1.54) is 12.1 Å². The molecule has 3 N–H and O–H groups in total. The molecule has 6 nitrogen and oxygen atoms in total. The van der Waals surface area contributed by atoms with Gasteiger partial charge in [0.05, 0.1) is 11.0 Å². The van der Waals surface area contributed by atoms with E-state index in [-0.39, 0.29) is 11.0 Å². The number of aromatic nitrogens is 2. The van der Waals surface area contributed by atoms with Crippen LogP contribution in [-0.2, 0) is 22.3 Å². The normalized spacial score (nSPS) is 12.7. The van der Waals surface area contributed by atoms with Crippen LogP contribution < -0.4 is 11.1 Å². The Morgan fingerprint density at radius 2 is 1.70 bits per heavy atom. The van der Waals surface area contributed by atoms with E-state index in [0.29, 0.717) is 5.56 Å². The smallest absolute Gasteiger partial charge is 0.368 e. The number of hydrogen-bond donors (Lipinski definition) is 2. The summed E-state index contributed by atoms with van der Waals surface area (Å²) in [5.41, 5.74) is 6.04. The van der Waals surface area contributed by atoms with Gasteiger partial charge in [0.2, 0.25) is 17.6 Å². The number of primary amides is 1. The van der Waals surface area contributed by atoms with E-state index in [2.05, 4.69) is 10.3 Å². The molecule has 0 spiro atoms. The van der Waals surface area contributed by atoms with E-state index in [0.717, 1.165) is 4.57 Å². The third kappa shape index (κ3) is 3.91. The fourth-order valence-corrected chi connectivity index (χ4v) is 2.77. The first kappa shape index (κ1) is 18.4. The number of nitrogens with two attached hydrogens (primary N) is 1. The van der Waals surface area contributed by atoms with Crippen LogP contribution in [0.4, 0.5) is 13.2 Å². The minimum Gasteiger partial charge on any atom is -0.368 e. The van der Waals surface area contributed by atoms with Crippen molar-refractivity contribution in [1.82, 2.24) is 14.9 Å². The second-order valence-electron chi connectivity index (χ2n) is 5.82. The second-order valence-corrected chi connectivity index (χ2v) is 5.82. The minimum atomic E-state index is -4.73. The predicted molar refractivity (Wildman–Crippen MR) is 91.3 cm³/mol. The number of amides is 2. The third-order valence-electron chi connectivity index (χ3n) is 3.93. The van der Waals surface area contributed by atoms with E-state index < -0.39 is 36.4 Å². The number of hydrogen-bond acceptors (Lipinski definition) is 3. The Bertz CT molecular complexity index is 983. The van der Waals surface area contributed by atoms with Gasteiger partial charge in [-0.3, -0.25) is 9.59 Å². The van der Waals surface area contributed by atoms with Crippen molar-refractivity contribution in [1.29, 1.82) is 0 Å². The van der Waals surface area contributed by atoms with E-state index >= 15 is 0 Å². The Labute approximate surface area is 151 Å². The molecule has 0 radical (unpaired) electrons. The molecule has 0 saturated heterocycles. The average molecular weight is 376 g/mol. The highest BCUT2D eigenvalue weighted by molar-refractivity contribution is 5.88. The van der Waals surface area contributed by atoms with Gasteiger partial charge in [-0.25, -0.2) is 4.98 Å². The average Bonchev–Trinajstić information content (AvgIpc) is 2.99. The number of carbonyl (C=O) groups excluding carboxylic acids is 2. The molecular weight excluding hydrogens is 361 g/mol. The molecule has 1 atom stereocenters. The van der Waals surface area contributed by atoms with Gasteiger partial charge >= 0.3 is 6.18 Å². The van der Waals surface area contributed by atoms with Gasteiger partial charge in [0.15, 0.2) is 0 Å². The summed E-state index contributed by atoms with van der Waals surface area (Å²) in [6.07, 6.45) is -4.73. The second kappa shape index (κ2) is 7.10. The molecule has 0 aliphatic rings. The highest BCUT2D eigenvalue weighted by Crippen LogP contribution is 2.31. The van der Waals surface area contributed by atoms with Gasteiger partial charge in [-0.1, -0.05) is 42.5 Å². The lowest BCUT2D eigenvalue weighted by Gasteiger charge is -2.17. The molecular formula is C18H15F3N4O2. The van der Waals surface area contributed by atoms with Crippen LogP contribution >= 0.6 is 0 Å². The van der Waals surface area contributed by atoms with Gasteiger partial charge in [0.1, 0.15) is 12.6 Å². The van der Waals surface area contributed by atoms with Gasteiger partial charge in [-0.15, -0.1) is 0 Å². The highest BCUT2D eigenvalue weighted by Gasteiger charge is 2.38. The van der Waals surface area contributed by atoms with Gasteiger partial charge < -0.3 is 15.6 Å². The molecule has 0 aliphatic carbocycles. The van der Waals surface area contributed by atoms with Crippen molar-refractivity contribution < 1.29 is 22.8 Å². The molecule has 140 valence electrons. The zero-order valence-corrected chi connectivity index (χ0v) is 13.9. The first-order valence-electron chi connectivity index (χ1n) is 7.93. The molecule has 3 aromatic rings. The van der Waals surface area contributed by atoms with Crippen LogP contribution in [0.25, 0.3) is 11.0 Å². The lowest BCUT2D eigenvalue weighted by molar-refractivity contribution is -0.147. The lowest BCUT2D eigenvalue weighted by atomic mass is 10.1. The summed E-state index contributed by atoms with van der Waals surface area (Å²) in [7, 11) is 0. The molecule has 0 fully saturated rings. The standard InChI is InChI=1S/C18H15F3N4O2/c19-18(20,21)17-23-12-8-4-5-9-13(12)25(17)10-14(26)24-15(16(22)27)11-6-2-1-3-7-11/h1-9,15H,10H2,(H2,22,27)(H,24,26). The summed E-state index contributed by atoms with van der Waals surface area (Å²) < 4.78 is 40.7. The van der Waals surface area contributed by atoms with Crippen LogP contribution in [0.5, 0.6) is 0 Å². The maximum atomic E-state index is 13.3. The summed E-state index contributed by atoms with van der Waals surface area (Å²) in [4.78, 5) is 27.6. The maximum Gasteiger partial charge on any atom is 0.449 e. The quantitative estimate of drug-likeness (QED) is 0.717. The van der Waals surface area contributed by atoms with Gasteiger partial charge in [0, 0.05) is 0 Å². The molecule has 9 heteroatoms. The van der Waals surface area contributed by atoms with Gasteiger partial charge in [-0.05, 0) is 17.7 Å². The Hall–Kier alpha value is -3.36. The van der Waals surface area contributed by atoms with E-state index in [1.807, 2.05) is 0 Å². The van der Waals surface area contributed by atoms with Gasteiger partial charge in [0.25, 0.3) is 0 Å². The van der Waals surface area contributed by atoms with Crippen LogP contribution in [0.3, 0.4) is 0 Å². The fourth-order valence-electron chi connectivity index (χ4n) is 2.77. The summed E-state index contributed by atoms with van der Waals surface area (Å²) in [5.74, 6) is -2.80. The molecule has 3 rings (SSSR count). The van der Waals surface area contributed by atoms with Gasteiger partial charge in [-0.2, -0.15) is 13.2 Å². The Balaban J connectivity index is 1.91. The number of alkyl halides is 3. The van der Waals surface area contributed by atoms with E-state index in [9.17, 15) is 22.8 Å². The minimum absolute atomic E-state index is 0.118. The number of nitrogens with zero attached hydrogens (tertiary/aromatic N) is 2. The number of carbonyl (C=O) groups is 2. The molecule has 1 aromatic heterocycles. The number of rotatable bonds is 5. The zero-order valence-electron chi connectivity index (χ0n) is 13.9. The first-order chi connectivity index (χ1) is 12.8. The van der Waals surface area contributed by atoms with Crippen LogP contribution in [-0.4, -0.2) is 21.4 Å². The van der Waals surface area contributed by atoms with Crippen LogP contribution in [0.1, 0.15) is 17.4 Å². The number of imidazole rings is 1. The van der Waals surface area contributed by atoms with Crippen molar-refractivity contribution in [2.24, 2.45) is 5.73 Å². The molecule has 2 aromatic carbocycles. The van der Waals surface area contributed by atoms with Crippen molar-refractivity contribution in [2.45, 2.75) is 18.8 Å². The maximum absolute atomic E-state index is 13.3. The number of fused-ring (bicyclic) bond motifs is 1.